The third kappa shape index (κ3) is 5.65. The molecule has 0 bridgehead atoms. The molecule has 6 heteroatoms. The average Bonchev–Trinajstić information content (AvgIpc) is 2.37. The van der Waals surface area contributed by atoms with Crippen LogP contribution in [0, 0.1) is 0 Å². The number of carboxylic acid groups (broad SMARTS) is 1. The van der Waals surface area contributed by atoms with Crippen molar-refractivity contribution in [2.45, 2.75) is 11.8 Å². The molecular formula is C13H17NO4S. The number of carbonyl (C=O) groups is 2. The summed E-state index contributed by atoms with van der Waals surface area (Å²) in [7, 11) is 1.48. The van der Waals surface area contributed by atoms with Gasteiger partial charge in [0.1, 0.15) is 12.3 Å². The predicted molar refractivity (Wildman–Crippen MR) is 73.6 cm³/mol. The van der Waals surface area contributed by atoms with Crippen molar-refractivity contribution in [3.63, 3.8) is 0 Å². The van der Waals surface area contributed by atoms with Gasteiger partial charge in [0, 0.05) is 11.9 Å². The molecule has 0 saturated heterocycles. The molecular weight excluding hydrogens is 266 g/mol. The molecule has 0 aliphatic rings. The molecule has 0 spiro atoms. The fourth-order valence-electron chi connectivity index (χ4n) is 1.35. The van der Waals surface area contributed by atoms with Gasteiger partial charge in [-0.1, -0.05) is 0 Å². The van der Waals surface area contributed by atoms with Crippen LogP contribution in [0.1, 0.15) is 6.92 Å². The summed E-state index contributed by atoms with van der Waals surface area (Å²) >= 11 is 1.37. The Bertz CT molecular complexity index is 433. The van der Waals surface area contributed by atoms with Gasteiger partial charge >= 0.3 is 5.97 Å². The summed E-state index contributed by atoms with van der Waals surface area (Å²) in [4.78, 5) is 24.3. The van der Waals surface area contributed by atoms with Crippen molar-refractivity contribution in [2.24, 2.45) is 0 Å². The van der Waals surface area contributed by atoms with Gasteiger partial charge in [0.05, 0.1) is 12.4 Å². The van der Waals surface area contributed by atoms with Crippen molar-refractivity contribution in [1.82, 2.24) is 4.90 Å². The molecule has 0 aliphatic carbocycles. The standard InChI is InChI=1S/C13H17NO4S/c1-3-18-10-4-6-11(7-5-10)19-9-12(15)14(2)8-13(16)17/h4-7H,3,8-9H2,1-2H3,(H,16,17). The second kappa shape index (κ2) is 7.68. The third-order valence-corrected chi connectivity index (χ3v) is 3.29. The number of carboxylic acids is 1. The minimum absolute atomic E-state index is 0.207. The molecule has 1 amide bonds. The van der Waals surface area contributed by atoms with E-state index in [0.29, 0.717) is 6.61 Å². The zero-order valence-corrected chi connectivity index (χ0v) is 11.8. The van der Waals surface area contributed by atoms with Gasteiger partial charge in [-0.2, -0.15) is 0 Å². The van der Waals surface area contributed by atoms with E-state index in [1.807, 2.05) is 31.2 Å². The topological polar surface area (TPSA) is 66.8 Å². The Kier molecular flexibility index (Phi) is 6.21. The van der Waals surface area contributed by atoms with Crippen molar-refractivity contribution in [3.8, 4) is 5.75 Å². The highest BCUT2D eigenvalue weighted by atomic mass is 32.2. The Morgan fingerprint density at radius 1 is 1.32 bits per heavy atom. The zero-order chi connectivity index (χ0) is 14.3. The van der Waals surface area contributed by atoms with Crippen LogP contribution in [0.4, 0.5) is 0 Å². The first-order chi connectivity index (χ1) is 9.02. The lowest BCUT2D eigenvalue weighted by Crippen LogP contribution is -2.33. The normalized spacial score (nSPS) is 10.0. The van der Waals surface area contributed by atoms with E-state index < -0.39 is 5.97 Å². The van der Waals surface area contributed by atoms with E-state index in [9.17, 15) is 9.59 Å². The van der Waals surface area contributed by atoms with E-state index >= 15 is 0 Å². The lowest BCUT2D eigenvalue weighted by molar-refractivity contribution is -0.142. The van der Waals surface area contributed by atoms with Gasteiger partial charge in [0.2, 0.25) is 5.91 Å². The molecule has 104 valence electrons. The second-order valence-electron chi connectivity index (χ2n) is 3.84. The number of ether oxygens (including phenoxy) is 1. The van der Waals surface area contributed by atoms with E-state index in [4.69, 9.17) is 9.84 Å². The van der Waals surface area contributed by atoms with Crippen molar-refractivity contribution in [1.29, 1.82) is 0 Å². The largest absolute Gasteiger partial charge is 0.494 e. The predicted octanol–water partition coefficient (Wildman–Crippen LogP) is 1.72. The summed E-state index contributed by atoms with van der Waals surface area (Å²) in [5, 5.41) is 8.58. The molecule has 0 fully saturated rings. The number of benzene rings is 1. The number of thioether (sulfide) groups is 1. The van der Waals surface area contributed by atoms with Gasteiger partial charge < -0.3 is 14.7 Å². The third-order valence-electron chi connectivity index (χ3n) is 2.30. The number of amides is 1. The molecule has 1 N–H and O–H groups in total. The lowest BCUT2D eigenvalue weighted by Gasteiger charge is -2.14. The lowest BCUT2D eigenvalue weighted by atomic mass is 10.3. The van der Waals surface area contributed by atoms with Crippen LogP contribution >= 0.6 is 11.8 Å². The molecule has 1 aromatic carbocycles. The fraction of sp³-hybridized carbons (Fsp3) is 0.385. The minimum Gasteiger partial charge on any atom is -0.494 e. The molecule has 0 heterocycles. The van der Waals surface area contributed by atoms with E-state index in [0.717, 1.165) is 10.6 Å². The van der Waals surface area contributed by atoms with Crippen LogP contribution in [0.3, 0.4) is 0 Å². The SMILES string of the molecule is CCOc1ccc(SCC(=O)N(C)CC(=O)O)cc1. The summed E-state index contributed by atoms with van der Waals surface area (Å²) in [5.41, 5.74) is 0. The molecule has 5 nitrogen and oxygen atoms in total. The highest BCUT2D eigenvalue weighted by Crippen LogP contribution is 2.21. The van der Waals surface area contributed by atoms with Crippen LogP contribution in [0.2, 0.25) is 0 Å². The zero-order valence-electron chi connectivity index (χ0n) is 11.0. The number of aliphatic carboxylic acids is 1. The maximum Gasteiger partial charge on any atom is 0.323 e. The first-order valence-corrected chi connectivity index (χ1v) is 6.83. The highest BCUT2D eigenvalue weighted by molar-refractivity contribution is 8.00. The molecule has 0 saturated carbocycles. The van der Waals surface area contributed by atoms with Crippen LogP contribution in [0.25, 0.3) is 0 Å². The summed E-state index contributed by atoms with van der Waals surface area (Å²) in [5.74, 6) is -0.207. The van der Waals surface area contributed by atoms with Crippen molar-refractivity contribution in [2.75, 3.05) is 26.0 Å². The number of rotatable bonds is 7. The van der Waals surface area contributed by atoms with E-state index in [1.54, 1.807) is 0 Å². The second-order valence-corrected chi connectivity index (χ2v) is 4.89. The van der Waals surface area contributed by atoms with Gasteiger partial charge in [-0.25, -0.2) is 0 Å². The summed E-state index contributed by atoms with van der Waals surface area (Å²) in [6.07, 6.45) is 0. The molecule has 1 aromatic rings. The van der Waals surface area contributed by atoms with E-state index in [-0.39, 0.29) is 18.2 Å². The molecule has 0 atom stereocenters. The number of carbonyl (C=O) groups excluding carboxylic acids is 1. The first-order valence-electron chi connectivity index (χ1n) is 5.84. The Balaban J connectivity index is 2.43. The fourth-order valence-corrected chi connectivity index (χ4v) is 2.18. The van der Waals surface area contributed by atoms with E-state index in [2.05, 4.69) is 0 Å². The molecule has 0 aromatic heterocycles. The van der Waals surface area contributed by atoms with E-state index in [1.165, 1.54) is 23.7 Å². The highest BCUT2D eigenvalue weighted by Gasteiger charge is 2.12. The van der Waals surface area contributed by atoms with Gasteiger partial charge in [-0.05, 0) is 31.2 Å². The average molecular weight is 283 g/mol. The molecule has 19 heavy (non-hydrogen) atoms. The number of hydrogen-bond donors (Lipinski definition) is 1. The number of likely N-dealkylation sites (N-methyl/N-ethyl adjacent to an activating group) is 1. The van der Waals surface area contributed by atoms with Crippen molar-refractivity contribution >= 4 is 23.6 Å². The molecule has 1 rings (SSSR count). The summed E-state index contributed by atoms with van der Waals surface area (Å²) in [6.45, 7) is 2.26. The Hall–Kier alpha value is -1.69. The first kappa shape index (κ1) is 15.4. The number of nitrogens with zero attached hydrogens (tertiary/aromatic N) is 1. The van der Waals surface area contributed by atoms with Crippen LogP contribution in [0.5, 0.6) is 5.75 Å². The smallest absolute Gasteiger partial charge is 0.323 e. The van der Waals surface area contributed by atoms with Crippen LogP contribution < -0.4 is 4.74 Å². The quantitative estimate of drug-likeness (QED) is 0.772. The minimum atomic E-state index is -1.01. The Morgan fingerprint density at radius 2 is 1.95 bits per heavy atom. The maximum atomic E-state index is 11.6. The van der Waals surface area contributed by atoms with Gasteiger partial charge in [0.15, 0.2) is 0 Å². The van der Waals surface area contributed by atoms with Crippen molar-refractivity contribution < 1.29 is 19.4 Å². The Morgan fingerprint density at radius 3 is 2.47 bits per heavy atom. The van der Waals surface area contributed by atoms with Crippen LogP contribution in [-0.2, 0) is 9.59 Å². The summed E-state index contributed by atoms with van der Waals surface area (Å²) < 4.78 is 5.32. The number of hydrogen-bond acceptors (Lipinski definition) is 4. The van der Waals surface area contributed by atoms with Crippen LogP contribution in [0.15, 0.2) is 29.2 Å². The van der Waals surface area contributed by atoms with Crippen molar-refractivity contribution in [3.05, 3.63) is 24.3 Å². The maximum absolute atomic E-state index is 11.6. The molecule has 0 unspecified atom stereocenters. The monoisotopic (exact) mass is 283 g/mol. The van der Waals surface area contributed by atoms with Crippen LogP contribution in [-0.4, -0.2) is 47.8 Å². The van der Waals surface area contributed by atoms with Gasteiger partial charge in [0.25, 0.3) is 0 Å². The Labute approximate surface area is 116 Å². The molecule has 0 aliphatic heterocycles. The molecule has 0 radical (unpaired) electrons. The summed E-state index contributed by atoms with van der Waals surface area (Å²) in [6, 6.07) is 7.44. The van der Waals surface area contributed by atoms with Gasteiger partial charge in [-0.3, -0.25) is 9.59 Å². The van der Waals surface area contributed by atoms with Gasteiger partial charge in [-0.15, -0.1) is 11.8 Å².